The maximum atomic E-state index is 12.1. The third-order valence-electron chi connectivity index (χ3n) is 4.89. The Labute approximate surface area is 168 Å². The number of sulfone groups is 1. The van der Waals surface area contributed by atoms with Gasteiger partial charge in [0.05, 0.1) is 11.5 Å². The first-order valence-corrected chi connectivity index (χ1v) is 11.2. The fourth-order valence-corrected chi connectivity index (χ4v) is 4.02. The Kier molecular flexibility index (Phi) is 10.1. The number of hydrogen-bond acceptors (Lipinski definition) is 5. The summed E-state index contributed by atoms with van der Waals surface area (Å²) in [5.74, 6) is 1.12. The molecule has 0 aliphatic heterocycles. The van der Waals surface area contributed by atoms with Crippen LogP contribution in [0.1, 0.15) is 44.9 Å². The van der Waals surface area contributed by atoms with Crippen LogP contribution in [-0.4, -0.2) is 39.8 Å². The van der Waals surface area contributed by atoms with Crippen LogP contribution in [0.3, 0.4) is 0 Å². The Morgan fingerprint density at radius 3 is 2.41 bits per heavy atom. The van der Waals surface area contributed by atoms with Crippen molar-refractivity contribution in [3.63, 3.8) is 0 Å². The van der Waals surface area contributed by atoms with Gasteiger partial charge in [-0.15, -0.1) is 12.4 Å². The molecule has 1 amide bonds. The van der Waals surface area contributed by atoms with Crippen molar-refractivity contribution >= 4 is 28.2 Å². The lowest BCUT2D eigenvalue weighted by atomic mass is 9.84. The van der Waals surface area contributed by atoms with Crippen LogP contribution in [-0.2, 0) is 14.6 Å². The van der Waals surface area contributed by atoms with E-state index in [9.17, 15) is 13.2 Å². The molecule has 0 heterocycles. The van der Waals surface area contributed by atoms with Crippen LogP contribution in [0, 0.1) is 5.92 Å². The average molecular weight is 419 g/mol. The summed E-state index contributed by atoms with van der Waals surface area (Å²) in [7, 11) is -3.20. The molecule has 0 bridgehead atoms. The van der Waals surface area contributed by atoms with Gasteiger partial charge in [0.25, 0.3) is 0 Å². The van der Waals surface area contributed by atoms with Gasteiger partial charge in [-0.25, -0.2) is 8.42 Å². The first kappa shape index (κ1) is 23.7. The zero-order chi connectivity index (χ0) is 19.0. The van der Waals surface area contributed by atoms with Crippen LogP contribution in [0.5, 0.6) is 5.75 Å². The molecule has 1 atom stereocenters. The van der Waals surface area contributed by atoms with Gasteiger partial charge in [-0.05, 0) is 49.4 Å². The first-order chi connectivity index (χ1) is 12.4. The molecular formula is C19H31ClN2O4S. The molecule has 0 saturated heterocycles. The minimum absolute atomic E-state index is 0. The predicted octanol–water partition coefficient (Wildman–Crippen LogP) is 2.69. The van der Waals surface area contributed by atoms with Crippen molar-refractivity contribution in [1.82, 2.24) is 5.32 Å². The molecule has 1 aliphatic carbocycles. The number of halogens is 1. The van der Waals surface area contributed by atoms with Gasteiger partial charge in [0.15, 0.2) is 9.84 Å². The molecule has 0 aromatic heterocycles. The van der Waals surface area contributed by atoms with Gasteiger partial charge in [-0.1, -0.05) is 19.3 Å². The van der Waals surface area contributed by atoms with Crippen molar-refractivity contribution in [1.29, 1.82) is 0 Å². The van der Waals surface area contributed by atoms with E-state index in [1.807, 2.05) is 0 Å². The highest BCUT2D eigenvalue weighted by Gasteiger charge is 2.23. The maximum Gasteiger partial charge on any atom is 0.220 e. The number of benzene rings is 1. The molecule has 27 heavy (non-hydrogen) atoms. The Bertz CT molecular complexity index is 673. The number of nitrogens with two attached hydrogens (primary N) is 1. The van der Waals surface area contributed by atoms with Crippen LogP contribution < -0.4 is 15.8 Å². The highest BCUT2D eigenvalue weighted by Crippen LogP contribution is 2.26. The molecule has 3 N–H and O–H groups in total. The SMILES string of the molecule is CS(=O)(=O)c1ccc(OCCCC(=O)NC(CN)C2CCCCC2)cc1.Cl. The van der Waals surface area contributed by atoms with Crippen LogP contribution >= 0.6 is 12.4 Å². The van der Waals surface area contributed by atoms with Gasteiger partial charge in [0.2, 0.25) is 5.91 Å². The normalized spacial score (nSPS) is 16.2. The second kappa shape index (κ2) is 11.5. The number of amides is 1. The number of nitrogens with one attached hydrogen (secondary N) is 1. The van der Waals surface area contributed by atoms with Gasteiger partial charge in [-0.2, -0.15) is 0 Å². The number of hydrogen-bond donors (Lipinski definition) is 2. The Morgan fingerprint density at radius 2 is 1.85 bits per heavy atom. The van der Waals surface area contributed by atoms with Crippen LogP contribution in [0.4, 0.5) is 0 Å². The monoisotopic (exact) mass is 418 g/mol. The lowest BCUT2D eigenvalue weighted by Crippen LogP contribution is -2.45. The molecule has 154 valence electrons. The highest BCUT2D eigenvalue weighted by atomic mass is 35.5. The minimum atomic E-state index is -3.20. The van der Waals surface area contributed by atoms with Crippen molar-refractivity contribution in [2.75, 3.05) is 19.4 Å². The van der Waals surface area contributed by atoms with E-state index in [0.717, 1.165) is 12.8 Å². The fraction of sp³-hybridized carbons (Fsp3) is 0.632. The van der Waals surface area contributed by atoms with Crippen molar-refractivity contribution in [2.45, 2.75) is 55.9 Å². The summed E-state index contributed by atoms with van der Waals surface area (Å²) in [5, 5.41) is 3.07. The Balaban J connectivity index is 0.00000364. The molecule has 6 nitrogen and oxygen atoms in total. The largest absolute Gasteiger partial charge is 0.494 e. The first-order valence-electron chi connectivity index (χ1n) is 9.32. The van der Waals surface area contributed by atoms with Crippen LogP contribution in [0.15, 0.2) is 29.2 Å². The minimum Gasteiger partial charge on any atom is -0.494 e. The molecule has 1 aromatic rings. The van der Waals surface area contributed by atoms with E-state index in [1.54, 1.807) is 12.1 Å². The molecule has 1 aliphatic rings. The highest BCUT2D eigenvalue weighted by molar-refractivity contribution is 7.90. The van der Waals surface area contributed by atoms with Crippen molar-refractivity contribution in [3.05, 3.63) is 24.3 Å². The molecular weight excluding hydrogens is 388 g/mol. The van der Waals surface area contributed by atoms with E-state index in [4.69, 9.17) is 10.5 Å². The number of carbonyl (C=O) groups excluding carboxylic acids is 1. The summed E-state index contributed by atoms with van der Waals surface area (Å²) >= 11 is 0. The smallest absolute Gasteiger partial charge is 0.220 e. The van der Waals surface area contributed by atoms with E-state index in [2.05, 4.69) is 5.32 Å². The van der Waals surface area contributed by atoms with Crippen molar-refractivity contribution < 1.29 is 17.9 Å². The summed E-state index contributed by atoms with van der Waals surface area (Å²) in [6.07, 6.45) is 8.19. The molecule has 1 unspecified atom stereocenters. The Hall–Kier alpha value is -1.31. The molecule has 1 fully saturated rings. The summed E-state index contributed by atoms with van der Waals surface area (Å²) in [5.41, 5.74) is 5.84. The standard InChI is InChI=1S/C19H30N2O4S.ClH/c1-26(23,24)17-11-9-16(10-12-17)25-13-5-8-19(22)21-18(14-20)15-6-3-2-4-7-15;/h9-12,15,18H,2-8,13-14,20H2,1H3,(H,21,22);1H. The van der Waals surface area contributed by atoms with Gasteiger partial charge in [-0.3, -0.25) is 4.79 Å². The third-order valence-corrected chi connectivity index (χ3v) is 6.02. The zero-order valence-electron chi connectivity index (χ0n) is 15.9. The molecule has 1 saturated carbocycles. The topological polar surface area (TPSA) is 98.5 Å². The number of carbonyl (C=O) groups is 1. The van der Waals surface area contributed by atoms with Gasteiger partial charge < -0.3 is 15.8 Å². The summed E-state index contributed by atoms with van der Waals surface area (Å²) in [6, 6.07) is 6.38. The van der Waals surface area contributed by atoms with E-state index in [0.29, 0.717) is 37.7 Å². The second-order valence-electron chi connectivity index (χ2n) is 7.00. The summed E-state index contributed by atoms with van der Waals surface area (Å²) in [4.78, 5) is 12.4. The summed E-state index contributed by atoms with van der Waals surface area (Å²) in [6.45, 7) is 0.891. The number of rotatable bonds is 9. The average Bonchev–Trinajstić information content (AvgIpc) is 2.63. The lowest BCUT2D eigenvalue weighted by molar-refractivity contribution is -0.122. The predicted molar refractivity (Wildman–Crippen MR) is 109 cm³/mol. The van der Waals surface area contributed by atoms with Crippen molar-refractivity contribution in [3.8, 4) is 5.75 Å². The van der Waals surface area contributed by atoms with E-state index in [-0.39, 0.29) is 29.3 Å². The summed E-state index contributed by atoms with van der Waals surface area (Å²) < 4.78 is 28.4. The zero-order valence-corrected chi connectivity index (χ0v) is 17.5. The molecule has 2 rings (SSSR count). The maximum absolute atomic E-state index is 12.1. The number of ether oxygens (including phenoxy) is 1. The van der Waals surface area contributed by atoms with Gasteiger partial charge in [0, 0.05) is 25.3 Å². The molecule has 0 radical (unpaired) electrons. The molecule has 8 heteroatoms. The van der Waals surface area contributed by atoms with E-state index < -0.39 is 9.84 Å². The van der Waals surface area contributed by atoms with E-state index >= 15 is 0 Å². The van der Waals surface area contributed by atoms with Gasteiger partial charge >= 0.3 is 0 Å². The fourth-order valence-electron chi connectivity index (χ4n) is 3.39. The quantitative estimate of drug-likeness (QED) is 0.600. The van der Waals surface area contributed by atoms with Crippen molar-refractivity contribution in [2.24, 2.45) is 11.7 Å². The molecule has 0 spiro atoms. The Morgan fingerprint density at radius 1 is 1.22 bits per heavy atom. The second-order valence-corrected chi connectivity index (χ2v) is 9.02. The molecule has 1 aromatic carbocycles. The lowest BCUT2D eigenvalue weighted by Gasteiger charge is -2.30. The van der Waals surface area contributed by atoms with Gasteiger partial charge in [0.1, 0.15) is 5.75 Å². The third kappa shape index (κ3) is 8.07. The van der Waals surface area contributed by atoms with Crippen LogP contribution in [0.2, 0.25) is 0 Å². The van der Waals surface area contributed by atoms with E-state index in [1.165, 1.54) is 37.7 Å². The van der Waals surface area contributed by atoms with Crippen LogP contribution in [0.25, 0.3) is 0 Å².